The number of hydrogen-bond donors (Lipinski definition) is 1. The number of phenolic OH excluding ortho intramolecular Hbond substituents is 1. The minimum atomic E-state index is -0.441. The molecule has 0 saturated carbocycles. The lowest BCUT2D eigenvalue weighted by Crippen LogP contribution is -2.27. The number of phenols is 1. The lowest BCUT2D eigenvalue weighted by Gasteiger charge is -2.18. The lowest BCUT2D eigenvalue weighted by molar-refractivity contribution is 0.223. The van der Waals surface area contributed by atoms with Gasteiger partial charge in [-0.15, -0.1) is 0 Å². The molecule has 4 rings (SSSR count). The van der Waals surface area contributed by atoms with Crippen molar-refractivity contribution in [3.8, 4) is 33.8 Å². The maximum Gasteiger partial charge on any atom is 0.344 e. The minimum absolute atomic E-state index is 0.0519. The molecule has 32 heavy (non-hydrogen) atoms. The normalized spacial score (nSPS) is 11.2. The zero-order valence-corrected chi connectivity index (χ0v) is 18.4. The van der Waals surface area contributed by atoms with Gasteiger partial charge in [-0.3, -0.25) is 0 Å². The molecule has 1 N–H and O–H groups in total. The van der Waals surface area contributed by atoms with E-state index in [2.05, 4.69) is 18.7 Å². The average molecular weight is 430 g/mol. The maximum atomic E-state index is 13.0. The van der Waals surface area contributed by atoms with Crippen molar-refractivity contribution in [2.45, 2.75) is 13.8 Å². The predicted molar refractivity (Wildman–Crippen MR) is 128 cm³/mol. The van der Waals surface area contributed by atoms with Gasteiger partial charge in [0.1, 0.15) is 23.7 Å². The molecule has 0 saturated heterocycles. The predicted octanol–water partition coefficient (Wildman–Crippen LogP) is 5.55. The third-order valence-electron chi connectivity index (χ3n) is 5.67. The molecule has 0 amide bonds. The Kier molecular flexibility index (Phi) is 6.57. The first kappa shape index (κ1) is 21.7. The van der Waals surface area contributed by atoms with Crippen LogP contribution in [0, 0.1) is 0 Å². The fourth-order valence-electron chi connectivity index (χ4n) is 3.91. The maximum absolute atomic E-state index is 13.0. The number of rotatable bonds is 8. The van der Waals surface area contributed by atoms with E-state index in [-0.39, 0.29) is 5.75 Å². The highest BCUT2D eigenvalue weighted by Crippen LogP contribution is 2.37. The van der Waals surface area contributed by atoms with Crippen LogP contribution in [0.1, 0.15) is 13.8 Å². The van der Waals surface area contributed by atoms with Crippen LogP contribution in [0.4, 0.5) is 0 Å². The number of nitrogens with zero attached hydrogens (tertiary/aromatic N) is 1. The van der Waals surface area contributed by atoms with Crippen LogP contribution in [-0.2, 0) is 0 Å². The summed E-state index contributed by atoms with van der Waals surface area (Å²) in [6.45, 7) is 7.78. The largest absolute Gasteiger partial charge is 0.508 e. The summed E-state index contributed by atoms with van der Waals surface area (Å²) in [6, 6.07) is 22.1. The van der Waals surface area contributed by atoms with Gasteiger partial charge in [-0.1, -0.05) is 56.3 Å². The first-order valence-electron chi connectivity index (χ1n) is 10.9. The molecular formula is C27H27NO4. The quantitative estimate of drug-likeness (QED) is 0.372. The summed E-state index contributed by atoms with van der Waals surface area (Å²) in [4.78, 5) is 15.3. The molecule has 5 nitrogen and oxygen atoms in total. The van der Waals surface area contributed by atoms with Gasteiger partial charge in [0.05, 0.1) is 5.56 Å². The first-order chi connectivity index (χ1) is 15.6. The van der Waals surface area contributed by atoms with Crippen molar-refractivity contribution < 1.29 is 14.3 Å². The van der Waals surface area contributed by atoms with Gasteiger partial charge in [0.25, 0.3) is 0 Å². The van der Waals surface area contributed by atoms with Gasteiger partial charge in [0.2, 0.25) is 0 Å². The highest BCUT2D eigenvalue weighted by Gasteiger charge is 2.18. The second kappa shape index (κ2) is 9.71. The third kappa shape index (κ3) is 4.53. The van der Waals surface area contributed by atoms with E-state index >= 15 is 0 Å². The van der Waals surface area contributed by atoms with E-state index < -0.39 is 5.63 Å². The summed E-state index contributed by atoms with van der Waals surface area (Å²) in [5.74, 6) is 0.836. The Bertz CT molecular complexity index is 1240. The van der Waals surface area contributed by atoms with Gasteiger partial charge in [-0.2, -0.15) is 0 Å². The van der Waals surface area contributed by atoms with Crippen LogP contribution in [0.2, 0.25) is 0 Å². The van der Waals surface area contributed by atoms with Gasteiger partial charge in [0, 0.05) is 23.6 Å². The first-order valence-corrected chi connectivity index (χ1v) is 10.9. The van der Waals surface area contributed by atoms with E-state index in [0.717, 1.165) is 47.5 Å². The molecule has 0 unspecified atom stereocenters. The SMILES string of the molecule is CCN(CC)CCOc1ccc(-c2c(-c3ccccc3)c(=O)oc3cc(O)ccc23)cc1. The molecule has 0 radical (unpaired) electrons. The van der Waals surface area contributed by atoms with Gasteiger partial charge in [-0.05, 0) is 48.5 Å². The van der Waals surface area contributed by atoms with E-state index in [1.165, 1.54) is 6.07 Å². The molecule has 1 heterocycles. The number of likely N-dealkylation sites (N-methyl/N-ethyl adjacent to an activating group) is 1. The molecule has 0 aliphatic carbocycles. The summed E-state index contributed by atoms with van der Waals surface area (Å²) >= 11 is 0. The van der Waals surface area contributed by atoms with Crippen LogP contribution in [0.25, 0.3) is 33.2 Å². The Morgan fingerprint density at radius 3 is 2.25 bits per heavy atom. The molecule has 1 aromatic heterocycles. The van der Waals surface area contributed by atoms with Crippen molar-refractivity contribution in [1.82, 2.24) is 4.90 Å². The summed E-state index contributed by atoms with van der Waals surface area (Å²) in [5.41, 5.74) is 2.85. The molecule has 0 aliphatic rings. The number of fused-ring (bicyclic) bond motifs is 1. The van der Waals surface area contributed by atoms with Gasteiger partial charge < -0.3 is 19.2 Å². The van der Waals surface area contributed by atoms with E-state index in [0.29, 0.717) is 17.8 Å². The summed E-state index contributed by atoms with van der Waals surface area (Å²) < 4.78 is 11.5. The van der Waals surface area contributed by atoms with Crippen molar-refractivity contribution in [3.05, 3.63) is 83.2 Å². The van der Waals surface area contributed by atoms with Gasteiger partial charge >= 0.3 is 5.63 Å². The van der Waals surface area contributed by atoms with Crippen LogP contribution in [-0.4, -0.2) is 36.2 Å². The van der Waals surface area contributed by atoms with Crippen LogP contribution in [0.15, 0.2) is 82.0 Å². The van der Waals surface area contributed by atoms with E-state index in [4.69, 9.17) is 9.15 Å². The molecule has 0 atom stereocenters. The number of hydrogen-bond acceptors (Lipinski definition) is 5. The summed E-state index contributed by atoms with van der Waals surface area (Å²) in [7, 11) is 0. The highest BCUT2D eigenvalue weighted by molar-refractivity contribution is 6.01. The topological polar surface area (TPSA) is 62.9 Å². The summed E-state index contributed by atoms with van der Waals surface area (Å²) in [5, 5.41) is 10.6. The van der Waals surface area contributed by atoms with Crippen LogP contribution < -0.4 is 10.4 Å². The fourth-order valence-corrected chi connectivity index (χ4v) is 3.91. The Hall–Kier alpha value is -3.57. The average Bonchev–Trinajstić information content (AvgIpc) is 2.82. The van der Waals surface area contributed by atoms with Gasteiger partial charge in [0.15, 0.2) is 0 Å². The molecule has 4 aromatic rings. The van der Waals surface area contributed by atoms with Crippen LogP contribution in [0.3, 0.4) is 0 Å². The molecule has 0 aliphatic heterocycles. The van der Waals surface area contributed by atoms with Crippen LogP contribution >= 0.6 is 0 Å². The van der Waals surface area contributed by atoms with Crippen molar-refractivity contribution in [1.29, 1.82) is 0 Å². The second-order valence-electron chi connectivity index (χ2n) is 7.59. The molecule has 3 aromatic carbocycles. The van der Waals surface area contributed by atoms with E-state index in [9.17, 15) is 9.90 Å². The molecule has 164 valence electrons. The lowest BCUT2D eigenvalue weighted by atomic mass is 9.93. The van der Waals surface area contributed by atoms with E-state index in [1.807, 2.05) is 54.6 Å². The van der Waals surface area contributed by atoms with Gasteiger partial charge in [-0.25, -0.2) is 4.79 Å². The summed E-state index contributed by atoms with van der Waals surface area (Å²) in [6.07, 6.45) is 0. The fraction of sp³-hybridized carbons (Fsp3) is 0.222. The van der Waals surface area contributed by atoms with Crippen LogP contribution in [0.5, 0.6) is 11.5 Å². The zero-order chi connectivity index (χ0) is 22.5. The monoisotopic (exact) mass is 429 g/mol. The molecule has 0 fully saturated rings. The Morgan fingerprint density at radius 2 is 1.56 bits per heavy atom. The highest BCUT2D eigenvalue weighted by atomic mass is 16.5. The smallest absolute Gasteiger partial charge is 0.344 e. The number of ether oxygens (including phenoxy) is 1. The zero-order valence-electron chi connectivity index (χ0n) is 18.4. The Labute approximate surface area is 187 Å². The van der Waals surface area contributed by atoms with Crippen molar-refractivity contribution in [3.63, 3.8) is 0 Å². The molecular weight excluding hydrogens is 402 g/mol. The van der Waals surface area contributed by atoms with Crippen molar-refractivity contribution >= 4 is 11.0 Å². The number of aromatic hydroxyl groups is 1. The Balaban J connectivity index is 1.75. The standard InChI is InChI=1S/C27H27NO4/c1-3-28(4-2)16-17-31-22-13-10-20(11-14-22)25-23-15-12-21(29)18-24(23)32-27(30)26(25)19-8-6-5-7-9-19/h5-15,18,29H,3-4,16-17H2,1-2H3. The minimum Gasteiger partial charge on any atom is -0.508 e. The van der Waals surface area contributed by atoms with Crippen molar-refractivity contribution in [2.24, 2.45) is 0 Å². The third-order valence-corrected chi connectivity index (χ3v) is 5.67. The van der Waals surface area contributed by atoms with Crippen molar-refractivity contribution in [2.75, 3.05) is 26.2 Å². The number of benzene rings is 3. The van der Waals surface area contributed by atoms with E-state index in [1.54, 1.807) is 12.1 Å². The molecule has 0 spiro atoms. The molecule has 5 heteroatoms. The Morgan fingerprint density at radius 1 is 0.875 bits per heavy atom. The molecule has 0 bridgehead atoms. The second-order valence-corrected chi connectivity index (χ2v) is 7.59.